The average molecular weight is 276 g/mol. The van der Waals surface area contributed by atoms with E-state index in [0.717, 1.165) is 11.1 Å². The quantitative estimate of drug-likeness (QED) is 0.839. The van der Waals surface area contributed by atoms with Gasteiger partial charge < -0.3 is 4.74 Å². The molecule has 0 fully saturated rings. The van der Waals surface area contributed by atoms with Crippen LogP contribution in [0.3, 0.4) is 0 Å². The lowest BCUT2D eigenvalue weighted by Gasteiger charge is -2.09. The molecule has 2 rings (SSSR count). The van der Waals surface area contributed by atoms with E-state index in [4.69, 9.17) is 21.6 Å². The predicted octanol–water partition coefficient (Wildman–Crippen LogP) is 4.24. The van der Waals surface area contributed by atoms with Crippen LogP contribution in [0.2, 0.25) is 5.02 Å². The zero-order valence-corrected chi connectivity index (χ0v) is 11.0. The summed E-state index contributed by atoms with van der Waals surface area (Å²) < 4.78 is 18.5. The van der Waals surface area contributed by atoms with Crippen LogP contribution in [0.4, 0.5) is 4.39 Å². The third kappa shape index (κ3) is 3.24. The molecule has 0 atom stereocenters. The number of rotatable bonds is 3. The van der Waals surface area contributed by atoms with Crippen molar-refractivity contribution < 1.29 is 9.13 Å². The number of benzene rings is 2. The van der Waals surface area contributed by atoms with E-state index in [0.29, 0.717) is 22.9 Å². The standard InChI is InChI=1S/C15H11ClFNO/c1-10-6-13(17)4-2-12(10)9-19-14-5-3-11(8-18)15(16)7-14/h2-7H,9H2,1H3. The molecule has 0 unspecified atom stereocenters. The van der Waals surface area contributed by atoms with E-state index < -0.39 is 0 Å². The summed E-state index contributed by atoms with van der Waals surface area (Å²) in [6.07, 6.45) is 0. The van der Waals surface area contributed by atoms with Crippen molar-refractivity contribution in [2.75, 3.05) is 0 Å². The number of hydrogen-bond acceptors (Lipinski definition) is 2. The molecule has 96 valence electrons. The summed E-state index contributed by atoms with van der Waals surface area (Å²) in [5.74, 6) is 0.315. The first-order valence-electron chi connectivity index (χ1n) is 5.67. The lowest BCUT2D eigenvalue weighted by atomic mass is 10.1. The second kappa shape index (κ2) is 5.73. The first-order chi connectivity index (χ1) is 9.10. The van der Waals surface area contributed by atoms with Crippen LogP contribution in [0.15, 0.2) is 36.4 Å². The van der Waals surface area contributed by atoms with Gasteiger partial charge in [-0.1, -0.05) is 17.7 Å². The highest BCUT2D eigenvalue weighted by atomic mass is 35.5. The molecule has 2 nitrogen and oxygen atoms in total. The fourth-order valence-electron chi connectivity index (χ4n) is 1.66. The monoisotopic (exact) mass is 275 g/mol. The van der Waals surface area contributed by atoms with Crippen LogP contribution in [-0.2, 0) is 6.61 Å². The van der Waals surface area contributed by atoms with Gasteiger partial charge in [-0.3, -0.25) is 0 Å². The van der Waals surface area contributed by atoms with E-state index in [1.807, 2.05) is 13.0 Å². The van der Waals surface area contributed by atoms with Crippen LogP contribution in [-0.4, -0.2) is 0 Å². The number of nitrogens with zero attached hydrogens (tertiary/aromatic N) is 1. The molecular formula is C15H11ClFNO. The Morgan fingerprint density at radius 3 is 2.68 bits per heavy atom. The summed E-state index contributed by atoms with van der Waals surface area (Å²) in [5, 5.41) is 9.13. The Bertz CT molecular complexity index is 649. The summed E-state index contributed by atoms with van der Waals surface area (Å²) in [6, 6.07) is 11.4. The van der Waals surface area contributed by atoms with Crippen molar-refractivity contribution in [3.8, 4) is 11.8 Å². The van der Waals surface area contributed by atoms with Gasteiger partial charge in [0.1, 0.15) is 24.2 Å². The van der Waals surface area contributed by atoms with Gasteiger partial charge in [0.2, 0.25) is 0 Å². The van der Waals surface area contributed by atoms with Gasteiger partial charge in [-0.15, -0.1) is 0 Å². The van der Waals surface area contributed by atoms with Gasteiger partial charge in [0, 0.05) is 6.07 Å². The number of nitriles is 1. The zero-order valence-electron chi connectivity index (χ0n) is 10.3. The fraction of sp³-hybridized carbons (Fsp3) is 0.133. The number of hydrogen-bond donors (Lipinski definition) is 0. The van der Waals surface area contributed by atoms with E-state index in [1.165, 1.54) is 12.1 Å². The Morgan fingerprint density at radius 1 is 1.26 bits per heavy atom. The Labute approximate surface area is 116 Å². The molecule has 0 bridgehead atoms. The van der Waals surface area contributed by atoms with Crippen molar-refractivity contribution in [2.24, 2.45) is 0 Å². The van der Waals surface area contributed by atoms with Crippen LogP contribution >= 0.6 is 11.6 Å². The fourth-order valence-corrected chi connectivity index (χ4v) is 1.87. The molecular weight excluding hydrogens is 265 g/mol. The SMILES string of the molecule is Cc1cc(F)ccc1COc1ccc(C#N)c(Cl)c1. The summed E-state index contributed by atoms with van der Waals surface area (Å²) in [6.45, 7) is 2.15. The van der Waals surface area contributed by atoms with Gasteiger partial charge in [-0.25, -0.2) is 4.39 Å². The molecule has 19 heavy (non-hydrogen) atoms. The second-order valence-electron chi connectivity index (χ2n) is 4.11. The van der Waals surface area contributed by atoms with E-state index >= 15 is 0 Å². The molecule has 0 saturated carbocycles. The van der Waals surface area contributed by atoms with Gasteiger partial charge in [0.05, 0.1) is 10.6 Å². The van der Waals surface area contributed by atoms with Crippen molar-refractivity contribution in [1.29, 1.82) is 5.26 Å². The third-order valence-electron chi connectivity index (χ3n) is 2.76. The van der Waals surface area contributed by atoms with Crippen LogP contribution in [0.5, 0.6) is 5.75 Å². The first-order valence-corrected chi connectivity index (χ1v) is 6.05. The highest BCUT2D eigenvalue weighted by molar-refractivity contribution is 6.31. The molecule has 0 aromatic heterocycles. The average Bonchev–Trinajstić information content (AvgIpc) is 2.38. The van der Waals surface area contributed by atoms with Gasteiger partial charge in [0.15, 0.2) is 0 Å². The van der Waals surface area contributed by atoms with Crippen LogP contribution in [0.25, 0.3) is 0 Å². The normalized spacial score (nSPS) is 10.0. The minimum atomic E-state index is -0.261. The molecule has 0 aliphatic heterocycles. The van der Waals surface area contributed by atoms with E-state index in [1.54, 1.807) is 24.3 Å². The molecule has 2 aromatic rings. The minimum Gasteiger partial charge on any atom is -0.489 e. The predicted molar refractivity (Wildman–Crippen MR) is 71.6 cm³/mol. The highest BCUT2D eigenvalue weighted by Crippen LogP contribution is 2.23. The number of aryl methyl sites for hydroxylation is 1. The summed E-state index contributed by atoms with van der Waals surface area (Å²) >= 11 is 5.91. The Kier molecular flexibility index (Phi) is 4.03. The van der Waals surface area contributed by atoms with Gasteiger partial charge >= 0.3 is 0 Å². The Balaban J connectivity index is 2.10. The van der Waals surface area contributed by atoms with Crippen molar-refractivity contribution in [3.63, 3.8) is 0 Å². The maximum absolute atomic E-state index is 13.0. The van der Waals surface area contributed by atoms with Crippen molar-refractivity contribution >= 4 is 11.6 Å². The first kappa shape index (κ1) is 13.4. The molecule has 0 saturated heterocycles. The maximum Gasteiger partial charge on any atom is 0.123 e. The molecule has 0 heterocycles. The Morgan fingerprint density at radius 2 is 2.05 bits per heavy atom. The Hall–Kier alpha value is -2.05. The summed E-state index contributed by atoms with van der Waals surface area (Å²) in [5.41, 5.74) is 2.15. The molecule has 4 heteroatoms. The number of halogens is 2. The number of ether oxygens (including phenoxy) is 1. The largest absolute Gasteiger partial charge is 0.489 e. The van der Waals surface area contributed by atoms with E-state index in [2.05, 4.69) is 0 Å². The van der Waals surface area contributed by atoms with Crippen molar-refractivity contribution in [3.05, 3.63) is 63.9 Å². The van der Waals surface area contributed by atoms with Gasteiger partial charge in [-0.2, -0.15) is 5.26 Å². The van der Waals surface area contributed by atoms with E-state index in [-0.39, 0.29) is 5.82 Å². The van der Waals surface area contributed by atoms with Crippen molar-refractivity contribution in [1.82, 2.24) is 0 Å². The van der Waals surface area contributed by atoms with E-state index in [9.17, 15) is 4.39 Å². The molecule has 0 amide bonds. The lowest BCUT2D eigenvalue weighted by molar-refractivity contribution is 0.305. The minimum absolute atomic E-state index is 0.261. The van der Waals surface area contributed by atoms with Crippen molar-refractivity contribution in [2.45, 2.75) is 13.5 Å². The van der Waals surface area contributed by atoms with Crippen LogP contribution < -0.4 is 4.74 Å². The molecule has 0 N–H and O–H groups in total. The van der Waals surface area contributed by atoms with Crippen LogP contribution in [0.1, 0.15) is 16.7 Å². The van der Waals surface area contributed by atoms with Gasteiger partial charge in [0.25, 0.3) is 0 Å². The van der Waals surface area contributed by atoms with Gasteiger partial charge in [-0.05, 0) is 42.3 Å². The highest BCUT2D eigenvalue weighted by Gasteiger charge is 2.04. The molecule has 0 aliphatic carbocycles. The molecule has 2 aromatic carbocycles. The van der Waals surface area contributed by atoms with Crippen LogP contribution in [0, 0.1) is 24.1 Å². The molecule has 0 radical (unpaired) electrons. The second-order valence-corrected chi connectivity index (χ2v) is 4.52. The topological polar surface area (TPSA) is 33.0 Å². The summed E-state index contributed by atoms with van der Waals surface area (Å²) in [4.78, 5) is 0. The molecule has 0 aliphatic rings. The lowest BCUT2D eigenvalue weighted by Crippen LogP contribution is -1.98. The smallest absolute Gasteiger partial charge is 0.123 e. The maximum atomic E-state index is 13.0. The zero-order chi connectivity index (χ0) is 13.8. The summed E-state index contributed by atoms with van der Waals surface area (Å²) in [7, 11) is 0. The third-order valence-corrected chi connectivity index (χ3v) is 3.07. The molecule has 0 spiro atoms.